The molecule has 0 radical (unpaired) electrons. The fourth-order valence-electron chi connectivity index (χ4n) is 11.8. The monoisotopic (exact) mass is 1010 g/mol. The number of hydrogen-bond donors (Lipinski definition) is 0. The Morgan fingerprint density at radius 1 is 0.364 bits per heavy atom. The first-order valence-corrected chi connectivity index (χ1v) is 28.1. The van der Waals surface area contributed by atoms with Crippen LogP contribution < -0.4 is 31.1 Å². The molecule has 0 N–H and O–H groups in total. The maximum atomic E-state index is 7.31. The van der Waals surface area contributed by atoms with E-state index in [1.54, 1.807) is 0 Å². The molecule has 0 amide bonds. The van der Waals surface area contributed by atoms with Gasteiger partial charge < -0.3 is 19.1 Å². The fraction of sp³-hybridized carbons (Fsp3) is 0.333. The Morgan fingerprint density at radius 2 is 0.766 bits per heavy atom. The van der Waals surface area contributed by atoms with Crippen molar-refractivity contribution < 1.29 is 4.42 Å². The highest BCUT2D eigenvalue weighted by molar-refractivity contribution is 7.00. The quantitative estimate of drug-likeness (QED) is 0.160. The number of rotatable bonds is 5. The van der Waals surface area contributed by atoms with E-state index in [9.17, 15) is 0 Å². The van der Waals surface area contributed by atoms with Crippen LogP contribution in [0.1, 0.15) is 158 Å². The minimum atomic E-state index is -0.172. The Balaban J connectivity index is 1.24. The van der Waals surface area contributed by atoms with Crippen LogP contribution in [0.3, 0.4) is 0 Å². The SMILES string of the molecule is CC(C)(C)c1ccc(N2c3ccc(C(C)(C)C)cc3B3c4cc(C(C)(C)C)ccc4N(c4ccc(N(c5ccc(C(C)(C)C)cc5)c5ccc(C(C)(C)C)cc5)c5oc6ccccc6c45)c4cc(C(C)(C)C)cc2c43)cc1. The van der Waals surface area contributed by atoms with E-state index in [0.29, 0.717) is 0 Å². The summed E-state index contributed by atoms with van der Waals surface area (Å²) >= 11 is 0. The largest absolute Gasteiger partial charge is 0.454 e. The molecule has 0 atom stereocenters. The number of furan rings is 1. The van der Waals surface area contributed by atoms with E-state index < -0.39 is 0 Å². The van der Waals surface area contributed by atoms with Crippen LogP contribution in [-0.4, -0.2) is 6.71 Å². The smallest absolute Gasteiger partial charge is 0.252 e. The van der Waals surface area contributed by atoms with Crippen molar-refractivity contribution in [3.63, 3.8) is 0 Å². The van der Waals surface area contributed by atoms with Crippen LogP contribution in [0.5, 0.6) is 0 Å². The van der Waals surface area contributed by atoms with E-state index in [-0.39, 0.29) is 39.2 Å². The van der Waals surface area contributed by atoms with Gasteiger partial charge in [-0.05, 0) is 161 Å². The number of hydrogen-bond acceptors (Lipinski definition) is 4. The summed E-state index contributed by atoms with van der Waals surface area (Å²) in [4.78, 5) is 7.59. The number of fused-ring (bicyclic) bond motifs is 7. The average molecular weight is 1010 g/mol. The summed E-state index contributed by atoms with van der Waals surface area (Å²) in [5.41, 5.74) is 23.5. The van der Waals surface area contributed by atoms with Crippen molar-refractivity contribution >= 4 is 96.2 Å². The van der Waals surface area contributed by atoms with Gasteiger partial charge in [-0.2, -0.15) is 0 Å². The van der Waals surface area contributed by atoms with Crippen molar-refractivity contribution in [1.29, 1.82) is 0 Å². The van der Waals surface area contributed by atoms with E-state index in [1.165, 1.54) is 72.5 Å². The third-order valence-corrected chi connectivity index (χ3v) is 16.6. The van der Waals surface area contributed by atoms with Gasteiger partial charge in [0, 0.05) is 45.2 Å². The van der Waals surface area contributed by atoms with Crippen molar-refractivity contribution in [3.05, 3.63) is 191 Å². The molecule has 4 nitrogen and oxygen atoms in total. The molecule has 9 aromatic rings. The van der Waals surface area contributed by atoms with Gasteiger partial charge in [0.15, 0.2) is 5.58 Å². The van der Waals surface area contributed by atoms with Gasteiger partial charge >= 0.3 is 0 Å². The summed E-state index contributed by atoms with van der Waals surface area (Å²) in [6.07, 6.45) is 0. The number of nitrogens with zero attached hydrogens (tertiary/aromatic N) is 3. The lowest BCUT2D eigenvalue weighted by molar-refractivity contribution is 0.589. The molecule has 0 spiro atoms. The van der Waals surface area contributed by atoms with E-state index in [4.69, 9.17) is 4.42 Å². The Morgan fingerprint density at radius 3 is 1.23 bits per heavy atom. The molecule has 0 fully saturated rings. The molecule has 11 rings (SSSR count). The van der Waals surface area contributed by atoms with Crippen LogP contribution in [0.2, 0.25) is 0 Å². The molecule has 3 heterocycles. The van der Waals surface area contributed by atoms with E-state index in [2.05, 4.69) is 297 Å². The van der Waals surface area contributed by atoms with Gasteiger partial charge in [0.2, 0.25) is 0 Å². The molecular formula is C72H80BN3O. The van der Waals surface area contributed by atoms with Crippen molar-refractivity contribution in [1.82, 2.24) is 0 Å². The number of benzene rings is 8. The molecule has 0 aliphatic carbocycles. The minimum Gasteiger partial charge on any atom is -0.454 e. The standard InChI is InChI=1S/C72H80BN3O/c1-67(2,3)45-23-31-51(32-24-45)74(52-33-25-46(26-34-52)68(4,5)6)60-40-39-59(64-54-21-19-20-22-63(54)77-66(60)64)76-58-38-30-49(71(13,14)15)42-56(58)73-55-41-48(70(10,11)12)29-37-57(55)75(53-35-27-47(28-36-53)69(7,8)9)61-43-50(72(16,17)18)44-62(76)65(61)73/h19-44H,1-18H3. The maximum Gasteiger partial charge on any atom is 0.252 e. The van der Waals surface area contributed by atoms with Gasteiger partial charge in [-0.25, -0.2) is 0 Å². The lowest BCUT2D eigenvalue weighted by Gasteiger charge is -2.46. The Hall–Kier alpha value is -6.98. The molecule has 2 aliphatic heterocycles. The van der Waals surface area contributed by atoms with Crippen LogP contribution in [0.25, 0.3) is 21.9 Å². The number of para-hydroxylation sites is 1. The van der Waals surface area contributed by atoms with Crippen molar-refractivity contribution in [3.8, 4) is 0 Å². The van der Waals surface area contributed by atoms with Gasteiger partial charge in [-0.3, -0.25) is 0 Å². The predicted molar refractivity (Wildman–Crippen MR) is 335 cm³/mol. The van der Waals surface area contributed by atoms with Crippen LogP contribution in [0, 0.1) is 0 Å². The lowest BCUT2D eigenvalue weighted by atomic mass is 9.33. The van der Waals surface area contributed by atoms with Gasteiger partial charge in [0.25, 0.3) is 6.71 Å². The van der Waals surface area contributed by atoms with E-state index in [1.807, 2.05) is 0 Å². The molecule has 5 heteroatoms. The van der Waals surface area contributed by atoms with Crippen LogP contribution >= 0.6 is 0 Å². The van der Waals surface area contributed by atoms with Gasteiger partial charge in [-0.15, -0.1) is 0 Å². The average Bonchev–Trinajstić information content (AvgIpc) is 3.81. The fourth-order valence-corrected chi connectivity index (χ4v) is 11.8. The highest BCUT2D eigenvalue weighted by Gasteiger charge is 2.46. The number of anilines is 9. The Labute approximate surface area is 461 Å². The van der Waals surface area contributed by atoms with Crippen LogP contribution in [0.15, 0.2) is 162 Å². The summed E-state index contributed by atoms with van der Waals surface area (Å²) < 4.78 is 7.31. The predicted octanol–water partition coefficient (Wildman–Crippen LogP) is 18.9. The molecule has 392 valence electrons. The summed E-state index contributed by atoms with van der Waals surface area (Å²) in [5.74, 6) is 0. The topological polar surface area (TPSA) is 22.9 Å². The highest BCUT2D eigenvalue weighted by Crippen LogP contribution is 2.52. The molecular weight excluding hydrogens is 934 g/mol. The second-order valence-electron chi connectivity index (χ2n) is 28.5. The third-order valence-electron chi connectivity index (χ3n) is 16.6. The van der Waals surface area contributed by atoms with E-state index in [0.717, 1.165) is 50.4 Å². The molecule has 0 saturated carbocycles. The summed E-state index contributed by atoms with van der Waals surface area (Å²) in [5, 5.41) is 2.17. The molecule has 77 heavy (non-hydrogen) atoms. The third kappa shape index (κ3) is 9.06. The second-order valence-corrected chi connectivity index (χ2v) is 28.5. The first-order chi connectivity index (χ1) is 36.0. The molecule has 0 bridgehead atoms. The van der Waals surface area contributed by atoms with Crippen molar-refractivity contribution in [2.45, 2.75) is 157 Å². The van der Waals surface area contributed by atoms with Crippen molar-refractivity contribution in [2.24, 2.45) is 0 Å². The molecule has 0 unspecified atom stereocenters. The second kappa shape index (κ2) is 17.8. The Bertz CT molecular complexity index is 3680. The normalized spacial score (nSPS) is 14.0. The molecule has 1 aromatic heterocycles. The lowest BCUT2D eigenvalue weighted by Crippen LogP contribution is -2.61. The minimum absolute atomic E-state index is 0.0110. The first kappa shape index (κ1) is 52.1. The van der Waals surface area contributed by atoms with Crippen LogP contribution in [0.4, 0.5) is 51.2 Å². The zero-order valence-electron chi connectivity index (χ0n) is 49.3. The highest BCUT2D eigenvalue weighted by atomic mass is 16.3. The summed E-state index contributed by atoms with van der Waals surface area (Å²) in [6, 6.07) is 60.7. The maximum absolute atomic E-state index is 7.31. The summed E-state index contributed by atoms with van der Waals surface area (Å²) in [7, 11) is 0. The zero-order chi connectivity index (χ0) is 55.1. The molecule has 0 saturated heterocycles. The molecule has 8 aromatic carbocycles. The van der Waals surface area contributed by atoms with Gasteiger partial charge in [-0.1, -0.05) is 203 Å². The van der Waals surface area contributed by atoms with E-state index >= 15 is 0 Å². The Kier molecular flexibility index (Phi) is 12.0. The van der Waals surface area contributed by atoms with Crippen LogP contribution in [-0.2, 0) is 32.5 Å². The first-order valence-electron chi connectivity index (χ1n) is 28.1. The summed E-state index contributed by atoms with van der Waals surface area (Å²) in [6.45, 7) is 41.7. The van der Waals surface area contributed by atoms with Crippen molar-refractivity contribution in [2.75, 3.05) is 14.7 Å². The molecule has 2 aliphatic rings. The van der Waals surface area contributed by atoms with Gasteiger partial charge in [0.05, 0.1) is 16.8 Å². The van der Waals surface area contributed by atoms with Gasteiger partial charge in [0.1, 0.15) is 5.58 Å². The zero-order valence-corrected chi connectivity index (χ0v) is 49.3.